The highest BCUT2D eigenvalue weighted by Crippen LogP contribution is 2.31. The molecule has 0 radical (unpaired) electrons. The van der Waals surface area contributed by atoms with Crippen molar-refractivity contribution in [3.05, 3.63) is 33.8 Å². The first-order valence-corrected chi connectivity index (χ1v) is 5.75. The van der Waals surface area contributed by atoms with Crippen molar-refractivity contribution in [3.8, 4) is 6.07 Å². The van der Waals surface area contributed by atoms with Crippen molar-refractivity contribution < 1.29 is 5.11 Å². The van der Waals surface area contributed by atoms with Gasteiger partial charge in [0.1, 0.15) is 0 Å². The summed E-state index contributed by atoms with van der Waals surface area (Å²) in [4.78, 5) is 0. The molecule has 1 aromatic carbocycles. The number of aliphatic hydroxyl groups is 1. The van der Waals surface area contributed by atoms with Gasteiger partial charge in [-0.2, -0.15) is 5.26 Å². The Kier molecular flexibility index (Phi) is 4.61. The highest BCUT2D eigenvalue weighted by Gasteiger charge is 2.25. The molecule has 0 spiro atoms. The summed E-state index contributed by atoms with van der Waals surface area (Å²) in [6, 6.07) is 7.01. The lowest BCUT2D eigenvalue weighted by Gasteiger charge is -2.21. The summed E-state index contributed by atoms with van der Waals surface area (Å²) in [5, 5.41) is 19.9. The summed E-state index contributed by atoms with van der Waals surface area (Å²) >= 11 is 11.8. The van der Waals surface area contributed by atoms with Gasteiger partial charge in [0.05, 0.1) is 18.1 Å². The van der Waals surface area contributed by atoms with Crippen LogP contribution in [0.3, 0.4) is 0 Å². The van der Waals surface area contributed by atoms with Crippen LogP contribution in [-0.4, -0.2) is 11.2 Å². The second-order valence-corrected chi connectivity index (χ2v) is 4.85. The fourth-order valence-electron chi connectivity index (χ4n) is 1.47. The molecule has 1 rings (SSSR count). The Balaban J connectivity index is 3.10. The summed E-state index contributed by atoms with van der Waals surface area (Å²) in [6.45, 7) is 3.72. The van der Waals surface area contributed by atoms with Crippen molar-refractivity contribution in [2.45, 2.75) is 25.9 Å². The molecule has 2 atom stereocenters. The molecule has 0 aliphatic carbocycles. The minimum Gasteiger partial charge on any atom is -0.391 e. The molecule has 1 N–H and O–H groups in total. The van der Waals surface area contributed by atoms with Crippen molar-refractivity contribution >= 4 is 23.2 Å². The quantitative estimate of drug-likeness (QED) is 0.899. The third kappa shape index (κ3) is 2.89. The zero-order chi connectivity index (χ0) is 12.3. The van der Waals surface area contributed by atoms with Crippen molar-refractivity contribution in [2.75, 3.05) is 0 Å². The Morgan fingerprint density at radius 1 is 1.31 bits per heavy atom. The molecule has 1 aromatic rings. The van der Waals surface area contributed by atoms with Gasteiger partial charge in [-0.3, -0.25) is 0 Å². The van der Waals surface area contributed by atoms with E-state index in [1.165, 1.54) is 0 Å². The molecule has 0 heterocycles. The minimum atomic E-state index is -0.733. The summed E-state index contributed by atoms with van der Waals surface area (Å²) < 4.78 is 0. The van der Waals surface area contributed by atoms with E-state index in [1.807, 2.05) is 13.8 Å². The van der Waals surface area contributed by atoms with Gasteiger partial charge in [-0.1, -0.05) is 43.1 Å². The monoisotopic (exact) mass is 257 g/mol. The maximum atomic E-state index is 9.92. The molecule has 0 saturated heterocycles. The fourth-order valence-corrected chi connectivity index (χ4v) is 1.99. The molecule has 0 aliphatic rings. The van der Waals surface area contributed by atoms with Crippen LogP contribution < -0.4 is 0 Å². The van der Waals surface area contributed by atoms with Crippen LogP contribution in [-0.2, 0) is 0 Å². The van der Waals surface area contributed by atoms with Gasteiger partial charge < -0.3 is 5.11 Å². The lowest BCUT2D eigenvalue weighted by Crippen LogP contribution is -2.23. The van der Waals surface area contributed by atoms with Crippen LogP contribution in [0, 0.1) is 17.2 Å². The second kappa shape index (κ2) is 5.54. The van der Waals surface area contributed by atoms with Gasteiger partial charge in [-0.25, -0.2) is 0 Å². The molecule has 0 fully saturated rings. The van der Waals surface area contributed by atoms with Crippen molar-refractivity contribution in [2.24, 2.45) is 5.92 Å². The number of aliphatic hydroxyl groups excluding tert-OH is 1. The first kappa shape index (κ1) is 13.3. The molecular weight excluding hydrogens is 245 g/mol. The third-order valence-corrected chi connectivity index (χ3v) is 3.02. The van der Waals surface area contributed by atoms with E-state index in [1.54, 1.807) is 18.2 Å². The molecular formula is C12H13Cl2NO. The second-order valence-electron chi connectivity index (χ2n) is 4.01. The first-order chi connectivity index (χ1) is 7.47. The standard InChI is InChI=1S/C12H13Cl2NO/c1-7(2)12(16)10(6-15)9-4-3-8(13)5-11(9)14/h3-5,7,10,12,16H,1-2H3. The van der Waals surface area contributed by atoms with Gasteiger partial charge in [0.25, 0.3) is 0 Å². The predicted molar refractivity (Wildman–Crippen MR) is 65.7 cm³/mol. The van der Waals surface area contributed by atoms with Crippen LogP contribution in [0.25, 0.3) is 0 Å². The molecule has 4 heteroatoms. The average molecular weight is 258 g/mol. The Bertz CT molecular complexity index is 412. The number of hydrogen-bond donors (Lipinski definition) is 1. The highest BCUT2D eigenvalue weighted by atomic mass is 35.5. The lowest BCUT2D eigenvalue weighted by molar-refractivity contribution is 0.113. The molecule has 0 bridgehead atoms. The van der Waals surface area contributed by atoms with Gasteiger partial charge in [0.15, 0.2) is 0 Å². The van der Waals surface area contributed by atoms with Crippen molar-refractivity contribution in [1.82, 2.24) is 0 Å². The van der Waals surface area contributed by atoms with Gasteiger partial charge in [-0.05, 0) is 23.6 Å². The van der Waals surface area contributed by atoms with Crippen LogP contribution in [0.1, 0.15) is 25.3 Å². The smallest absolute Gasteiger partial charge is 0.0988 e. The van der Waals surface area contributed by atoms with E-state index >= 15 is 0 Å². The summed E-state index contributed by atoms with van der Waals surface area (Å²) in [5.41, 5.74) is 0.620. The number of nitriles is 1. The number of nitrogens with zero attached hydrogens (tertiary/aromatic N) is 1. The summed E-state index contributed by atoms with van der Waals surface area (Å²) in [7, 11) is 0. The van der Waals surface area contributed by atoms with Crippen LogP contribution >= 0.6 is 23.2 Å². The Morgan fingerprint density at radius 2 is 1.94 bits per heavy atom. The maximum absolute atomic E-state index is 9.92. The zero-order valence-electron chi connectivity index (χ0n) is 9.11. The fraction of sp³-hybridized carbons (Fsp3) is 0.417. The zero-order valence-corrected chi connectivity index (χ0v) is 10.6. The van der Waals surface area contributed by atoms with Gasteiger partial charge in [0.2, 0.25) is 0 Å². The van der Waals surface area contributed by atoms with E-state index < -0.39 is 12.0 Å². The Morgan fingerprint density at radius 3 is 2.38 bits per heavy atom. The number of halogens is 2. The minimum absolute atomic E-state index is 0.00334. The maximum Gasteiger partial charge on any atom is 0.0988 e. The van der Waals surface area contributed by atoms with Crippen LogP contribution in [0.15, 0.2) is 18.2 Å². The average Bonchev–Trinajstić information content (AvgIpc) is 2.21. The van der Waals surface area contributed by atoms with E-state index in [0.29, 0.717) is 15.6 Å². The lowest BCUT2D eigenvalue weighted by atomic mass is 9.88. The number of hydrogen-bond acceptors (Lipinski definition) is 2. The SMILES string of the molecule is CC(C)C(O)C(C#N)c1ccc(Cl)cc1Cl. The molecule has 0 aromatic heterocycles. The number of benzene rings is 1. The summed E-state index contributed by atoms with van der Waals surface area (Å²) in [6.07, 6.45) is -0.733. The molecule has 0 saturated carbocycles. The summed E-state index contributed by atoms with van der Waals surface area (Å²) in [5.74, 6) is -0.624. The Hall–Kier alpha value is -0.750. The molecule has 0 amide bonds. The number of rotatable bonds is 3. The van der Waals surface area contributed by atoms with Gasteiger partial charge in [-0.15, -0.1) is 0 Å². The van der Waals surface area contributed by atoms with Gasteiger partial charge >= 0.3 is 0 Å². The molecule has 16 heavy (non-hydrogen) atoms. The highest BCUT2D eigenvalue weighted by molar-refractivity contribution is 6.35. The topological polar surface area (TPSA) is 44.0 Å². The van der Waals surface area contributed by atoms with Crippen molar-refractivity contribution in [1.29, 1.82) is 5.26 Å². The van der Waals surface area contributed by atoms with Crippen LogP contribution in [0.4, 0.5) is 0 Å². The first-order valence-electron chi connectivity index (χ1n) is 5.00. The largest absolute Gasteiger partial charge is 0.391 e. The van der Waals surface area contributed by atoms with Crippen LogP contribution in [0.5, 0.6) is 0 Å². The molecule has 0 aliphatic heterocycles. The van der Waals surface area contributed by atoms with Gasteiger partial charge in [0, 0.05) is 10.0 Å². The van der Waals surface area contributed by atoms with Crippen LogP contribution in [0.2, 0.25) is 10.0 Å². The normalized spacial score (nSPS) is 14.6. The Labute approximate surface area is 105 Å². The third-order valence-electron chi connectivity index (χ3n) is 2.46. The van der Waals surface area contributed by atoms with E-state index in [9.17, 15) is 5.11 Å². The predicted octanol–water partition coefficient (Wildman–Crippen LogP) is 3.62. The van der Waals surface area contributed by atoms with E-state index in [0.717, 1.165) is 0 Å². The van der Waals surface area contributed by atoms with E-state index in [2.05, 4.69) is 6.07 Å². The van der Waals surface area contributed by atoms with E-state index in [-0.39, 0.29) is 5.92 Å². The molecule has 86 valence electrons. The van der Waals surface area contributed by atoms with Crippen molar-refractivity contribution in [3.63, 3.8) is 0 Å². The van der Waals surface area contributed by atoms with E-state index in [4.69, 9.17) is 28.5 Å². The molecule has 2 nitrogen and oxygen atoms in total. The molecule has 2 unspecified atom stereocenters.